The molecule has 0 radical (unpaired) electrons. The van der Waals surface area contributed by atoms with Gasteiger partial charge in [-0.05, 0) is 12.8 Å². The van der Waals surface area contributed by atoms with Gasteiger partial charge in [-0.2, -0.15) is 5.10 Å². The Kier molecular flexibility index (Phi) is 2.33. The van der Waals surface area contributed by atoms with E-state index in [4.69, 9.17) is 10.5 Å². The lowest BCUT2D eigenvalue weighted by Crippen LogP contribution is -2.44. The van der Waals surface area contributed by atoms with Crippen LogP contribution in [0, 0.1) is 0 Å². The highest BCUT2D eigenvalue weighted by Crippen LogP contribution is 2.23. The van der Waals surface area contributed by atoms with Crippen molar-refractivity contribution in [2.75, 3.05) is 12.4 Å². The number of aromatic nitrogens is 2. The van der Waals surface area contributed by atoms with Crippen LogP contribution >= 0.6 is 0 Å². The molecule has 0 aromatic carbocycles. The maximum absolute atomic E-state index is 5.69. The van der Waals surface area contributed by atoms with Crippen molar-refractivity contribution in [3.8, 4) is 5.88 Å². The van der Waals surface area contributed by atoms with Crippen LogP contribution in [0.1, 0.15) is 12.8 Å². The Morgan fingerprint density at radius 2 is 2.36 bits per heavy atom. The smallest absolute Gasteiger partial charge is 0.213 e. The van der Waals surface area contributed by atoms with E-state index in [9.17, 15) is 0 Å². The van der Waals surface area contributed by atoms with Crippen molar-refractivity contribution in [3.05, 3.63) is 6.07 Å². The third kappa shape index (κ3) is 1.68. The molecule has 0 spiro atoms. The first-order chi connectivity index (χ1) is 6.69. The Morgan fingerprint density at radius 1 is 1.64 bits per heavy atom. The van der Waals surface area contributed by atoms with Crippen molar-refractivity contribution in [2.24, 2.45) is 12.8 Å². The Hall–Kier alpha value is -1.23. The molecule has 5 nitrogen and oxygen atoms in total. The van der Waals surface area contributed by atoms with Gasteiger partial charge < -0.3 is 15.8 Å². The Morgan fingerprint density at radius 3 is 2.86 bits per heavy atom. The summed E-state index contributed by atoms with van der Waals surface area (Å²) in [7, 11) is 3.50. The van der Waals surface area contributed by atoms with E-state index in [0.29, 0.717) is 12.1 Å². The summed E-state index contributed by atoms with van der Waals surface area (Å²) in [6.45, 7) is 0. The molecule has 1 fully saturated rings. The maximum atomic E-state index is 5.69. The number of hydrogen-bond acceptors (Lipinski definition) is 4. The molecule has 1 heterocycles. The van der Waals surface area contributed by atoms with E-state index in [-0.39, 0.29) is 0 Å². The van der Waals surface area contributed by atoms with Crippen molar-refractivity contribution in [2.45, 2.75) is 24.9 Å². The van der Waals surface area contributed by atoms with E-state index in [1.165, 1.54) is 0 Å². The molecule has 0 amide bonds. The minimum absolute atomic E-state index is 0.359. The lowest BCUT2D eigenvalue weighted by Gasteiger charge is -2.32. The first-order valence-electron chi connectivity index (χ1n) is 4.79. The number of hydrogen-bond donors (Lipinski definition) is 2. The van der Waals surface area contributed by atoms with Gasteiger partial charge in [0, 0.05) is 25.2 Å². The number of aryl methyl sites for hydroxylation is 1. The van der Waals surface area contributed by atoms with Gasteiger partial charge in [0.15, 0.2) is 5.82 Å². The van der Waals surface area contributed by atoms with Crippen LogP contribution in [0.25, 0.3) is 0 Å². The molecule has 1 aliphatic rings. The van der Waals surface area contributed by atoms with Crippen LogP contribution in [0.3, 0.4) is 0 Å². The van der Waals surface area contributed by atoms with E-state index < -0.39 is 0 Å². The van der Waals surface area contributed by atoms with Crippen LogP contribution in [0.5, 0.6) is 5.88 Å². The summed E-state index contributed by atoms with van der Waals surface area (Å²) < 4.78 is 6.83. The number of nitrogens with zero attached hydrogens (tertiary/aromatic N) is 2. The number of anilines is 1. The molecular weight excluding hydrogens is 180 g/mol. The fraction of sp³-hybridized carbons (Fsp3) is 0.667. The van der Waals surface area contributed by atoms with Crippen LogP contribution in [-0.2, 0) is 7.05 Å². The van der Waals surface area contributed by atoms with Gasteiger partial charge in [0.2, 0.25) is 5.88 Å². The number of ether oxygens (including phenoxy) is 1. The first-order valence-corrected chi connectivity index (χ1v) is 4.79. The number of rotatable bonds is 3. The summed E-state index contributed by atoms with van der Waals surface area (Å²) in [5.41, 5.74) is 5.69. The minimum Gasteiger partial charge on any atom is -0.481 e. The van der Waals surface area contributed by atoms with Crippen LogP contribution in [0.15, 0.2) is 6.07 Å². The van der Waals surface area contributed by atoms with Gasteiger partial charge in [-0.15, -0.1) is 0 Å². The third-order valence-electron chi connectivity index (χ3n) is 2.57. The number of methoxy groups -OCH3 is 1. The molecule has 1 aliphatic carbocycles. The molecule has 0 atom stereocenters. The highest BCUT2D eigenvalue weighted by atomic mass is 16.5. The Labute approximate surface area is 83.2 Å². The van der Waals surface area contributed by atoms with Gasteiger partial charge in [-0.3, -0.25) is 0 Å². The quantitative estimate of drug-likeness (QED) is 0.731. The van der Waals surface area contributed by atoms with E-state index in [0.717, 1.165) is 24.5 Å². The Balaban J connectivity index is 1.96. The molecule has 1 saturated carbocycles. The van der Waals surface area contributed by atoms with E-state index in [1.54, 1.807) is 11.8 Å². The van der Waals surface area contributed by atoms with Crippen molar-refractivity contribution in [3.63, 3.8) is 0 Å². The zero-order chi connectivity index (χ0) is 10.1. The van der Waals surface area contributed by atoms with Crippen molar-refractivity contribution >= 4 is 5.82 Å². The van der Waals surface area contributed by atoms with Gasteiger partial charge in [-0.25, -0.2) is 4.68 Å². The second kappa shape index (κ2) is 3.49. The highest BCUT2D eigenvalue weighted by Gasteiger charge is 2.26. The molecule has 3 N–H and O–H groups in total. The normalized spacial score (nSPS) is 25.6. The molecule has 78 valence electrons. The number of nitrogens with two attached hydrogens (primary N) is 1. The predicted molar refractivity (Wildman–Crippen MR) is 54.4 cm³/mol. The minimum atomic E-state index is 0.359. The number of nitrogens with one attached hydrogen (secondary N) is 1. The highest BCUT2D eigenvalue weighted by molar-refractivity contribution is 5.40. The van der Waals surface area contributed by atoms with Crippen LogP contribution < -0.4 is 15.8 Å². The second-order valence-electron chi connectivity index (χ2n) is 3.77. The maximum Gasteiger partial charge on any atom is 0.213 e. The molecule has 5 heteroatoms. The molecule has 1 aromatic rings. The Bertz CT molecular complexity index is 317. The van der Waals surface area contributed by atoms with Crippen molar-refractivity contribution in [1.29, 1.82) is 0 Å². The summed E-state index contributed by atoms with van der Waals surface area (Å²) in [4.78, 5) is 0. The largest absolute Gasteiger partial charge is 0.481 e. The summed E-state index contributed by atoms with van der Waals surface area (Å²) in [6, 6.07) is 2.73. The molecule has 2 rings (SSSR count). The van der Waals surface area contributed by atoms with Gasteiger partial charge in [-0.1, -0.05) is 0 Å². The summed E-state index contributed by atoms with van der Waals surface area (Å²) in [6.07, 6.45) is 2.05. The molecule has 0 saturated heterocycles. The summed E-state index contributed by atoms with van der Waals surface area (Å²) in [5.74, 6) is 1.62. The zero-order valence-electron chi connectivity index (χ0n) is 8.53. The average Bonchev–Trinajstić information content (AvgIpc) is 2.43. The van der Waals surface area contributed by atoms with E-state index in [1.807, 2.05) is 13.1 Å². The summed E-state index contributed by atoms with van der Waals surface area (Å²) in [5, 5.41) is 7.58. The van der Waals surface area contributed by atoms with Gasteiger partial charge in [0.1, 0.15) is 0 Å². The lowest BCUT2D eigenvalue weighted by atomic mass is 9.88. The van der Waals surface area contributed by atoms with Gasteiger partial charge in [0.05, 0.1) is 7.11 Å². The first kappa shape index (κ1) is 9.33. The van der Waals surface area contributed by atoms with Crippen molar-refractivity contribution < 1.29 is 4.74 Å². The average molecular weight is 196 g/mol. The third-order valence-corrected chi connectivity index (χ3v) is 2.57. The van der Waals surface area contributed by atoms with Crippen LogP contribution in [-0.4, -0.2) is 29.0 Å². The van der Waals surface area contributed by atoms with Crippen LogP contribution in [0.2, 0.25) is 0 Å². The predicted octanol–water partition coefficient (Wildman–Crippen LogP) is 0.330. The molecule has 0 unspecified atom stereocenters. The standard InChI is InChI=1S/C9H16N4O/c1-13-9(14-2)5-8(12-13)11-7-3-6(10)4-7/h5-7H,3-4,10H2,1-2H3,(H,11,12). The molecule has 0 aliphatic heterocycles. The van der Waals surface area contributed by atoms with Crippen LogP contribution in [0.4, 0.5) is 5.82 Å². The SMILES string of the molecule is COc1cc(NC2CC(N)C2)nn1C. The zero-order valence-corrected chi connectivity index (χ0v) is 8.53. The molecular formula is C9H16N4O. The molecule has 0 bridgehead atoms. The molecule has 14 heavy (non-hydrogen) atoms. The monoisotopic (exact) mass is 196 g/mol. The fourth-order valence-electron chi connectivity index (χ4n) is 1.70. The van der Waals surface area contributed by atoms with E-state index in [2.05, 4.69) is 10.4 Å². The van der Waals surface area contributed by atoms with Gasteiger partial charge >= 0.3 is 0 Å². The van der Waals surface area contributed by atoms with Crippen molar-refractivity contribution in [1.82, 2.24) is 9.78 Å². The topological polar surface area (TPSA) is 65.1 Å². The van der Waals surface area contributed by atoms with Gasteiger partial charge in [0.25, 0.3) is 0 Å². The summed E-state index contributed by atoms with van der Waals surface area (Å²) >= 11 is 0. The molecule has 1 aromatic heterocycles. The van der Waals surface area contributed by atoms with E-state index >= 15 is 0 Å². The fourth-order valence-corrected chi connectivity index (χ4v) is 1.70. The lowest BCUT2D eigenvalue weighted by molar-refractivity contribution is 0.371. The second-order valence-corrected chi connectivity index (χ2v) is 3.77.